The Kier molecular flexibility index (Phi) is 2.68. The van der Waals surface area contributed by atoms with E-state index in [0.717, 1.165) is 11.1 Å². The lowest BCUT2D eigenvalue weighted by atomic mass is 9.80. The third-order valence-corrected chi connectivity index (χ3v) is 4.02. The molecule has 0 amide bonds. The number of hydrogen-bond acceptors (Lipinski definition) is 3. The van der Waals surface area contributed by atoms with Gasteiger partial charge in [-0.3, -0.25) is 0 Å². The van der Waals surface area contributed by atoms with Crippen LogP contribution in [0.15, 0.2) is 36.3 Å². The first-order valence-corrected chi connectivity index (χ1v) is 7.95. The molecule has 1 N–H and O–H groups in total. The van der Waals surface area contributed by atoms with Crippen LogP contribution in [0.25, 0.3) is 16.7 Å². The standard InChI is InChI=1S/C20H25N3O/c1-19(2,3)13-11-14(20(4,5)6)18(24)17(12-13)23-21-15-9-7-8-10-16(15)22-23/h7-12,24H,1-6H3/i7D,8D,9D,10D. The van der Waals surface area contributed by atoms with Gasteiger partial charge in [0, 0.05) is 5.56 Å². The van der Waals surface area contributed by atoms with Crippen LogP contribution in [0.2, 0.25) is 0 Å². The topological polar surface area (TPSA) is 50.9 Å². The van der Waals surface area contributed by atoms with E-state index in [1.807, 2.05) is 26.8 Å². The Bertz CT molecular complexity index is 1050. The number of aromatic hydroxyl groups is 1. The molecule has 0 radical (unpaired) electrons. The minimum absolute atomic E-state index is 0.0380. The molecule has 2 aromatic carbocycles. The van der Waals surface area contributed by atoms with E-state index >= 15 is 0 Å². The second kappa shape index (κ2) is 5.33. The van der Waals surface area contributed by atoms with E-state index in [4.69, 9.17) is 5.48 Å². The summed E-state index contributed by atoms with van der Waals surface area (Å²) >= 11 is 0. The second-order valence-corrected chi connectivity index (χ2v) is 8.08. The summed E-state index contributed by atoms with van der Waals surface area (Å²) in [4.78, 5) is 1.21. The average Bonchev–Trinajstić information content (AvgIpc) is 3.01. The molecule has 126 valence electrons. The van der Waals surface area contributed by atoms with E-state index in [9.17, 15) is 5.11 Å². The van der Waals surface area contributed by atoms with Crippen molar-refractivity contribution in [3.8, 4) is 11.4 Å². The Morgan fingerprint density at radius 3 is 1.92 bits per heavy atom. The van der Waals surface area contributed by atoms with Gasteiger partial charge in [-0.1, -0.05) is 59.7 Å². The van der Waals surface area contributed by atoms with Gasteiger partial charge >= 0.3 is 0 Å². The monoisotopic (exact) mass is 327 g/mol. The first-order chi connectivity index (χ1) is 12.7. The minimum atomic E-state index is -0.354. The summed E-state index contributed by atoms with van der Waals surface area (Å²) < 4.78 is 31.8. The summed E-state index contributed by atoms with van der Waals surface area (Å²) in [6.45, 7) is 12.2. The summed E-state index contributed by atoms with van der Waals surface area (Å²) in [5, 5.41) is 19.5. The van der Waals surface area contributed by atoms with Gasteiger partial charge < -0.3 is 5.11 Å². The Morgan fingerprint density at radius 1 is 0.917 bits per heavy atom. The molecule has 4 heteroatoms. The minimum Gasteiger partial charge on any atom is -0.505 e. The molecule has 0 saturated carbocycles. The lowest BCUT2D eigenvalue weighted by molar-refractivity contribution is 0.438. The predicted octanol–water partition coefficient (Wildman–Crippen LogP) is 4.72. The van der Waals surface area contributed by atoms with Gasteiger partial charge in [-0.2, -0.15) is 0 Å². The van der Waals surface area contributed by atoms with Gasteiger partial charge in [0.15, 0.2) is 0 Å². The van der Waals surface area contributed by atoms with Gasteiger partial charge in [0.1, 0.15) is 22.5 Å². The molecule has 0 atom stereocenters. The largest absolute Gasteiger partial charge is 0.505 e. The summed E-state index contributed by atoms with van der Waals surface area (Å²) in [5.74, 6) is 0.0380. The lowest BCUT2D eigenvalue weighted by Gasteiger charge is -2.27. The van der Waals surface area contributed by atoms with Crippen LogP contribution >= 0.6 is 0 Å². The van der Waals surface area contributed by atoms with Crippen molar-refractivity contribution in [2.45, 2.75) is 52.4 Å². The second-order valence-electron chi connectivity index (χ2n) is 8.08. The zero-order valence-corrected chi connectivity index (χ0v) is 14.9. The molecule has 0 aliphatic heterocycles. The van der Waals surface area contributed by atoms with E-state index in [1.165, 1.54) is 4.80 Å². The maximum atomic E-state index is 11.0. The van der Waals surface area contributed by atoms with E-state index in [2.05, 4.69) is 31.0 Å². The molecule has 4 nitrogen and oxygen atoms in total. The first-order valence-electron chi connectivity index (χ1n) is 9.95. The smallest absolute Gasteiger partial charge is 0.146 e. The van der Waals surface area contributed by atoms with Gasteiger partial charge in [0.2, 0.25) is 0 Å². The van der Waals surface area contributed by atoms with Crippen LogP contribution in [0.3, 0.4) is 0 Å². The van der Waals surface area contributed by atoms with Crippen molar-refractivity contribution in [3.63, 3.8) is 0 Å². The normalized spacial score (nSPS) is 15.1. The highest BCUT2D eigenvalue weighted by Gasteiger charge is 2.26. The Hall–Kier alpha value is -2.36. The summed E-state index contributed by atoms with van der Waals surface area (Å²) in [6.07, 6.45) is 0. The molecule has 1 aromatic heterocycles. The maximum Gasteiger partial charge on any atom is 0.146 e. The van der Waals surface area contributed by atoms with Crippen LogP contribution in [-0.4, -0.2) is 20.1 Å². The fraction of sp³-hybridized carbons (Fsp3) is 0.400. The fourth-order valence-corrected chi connectivity index (χ4v) is 2.54. The highest BCUT2D eigenvalue weighted by atomic mass is 16.3. The molecule has 0 aliphatic rings. The SMILES string of the molecule is [2H]c1c([2H])c([2H])c2nn(-c3cc(C(C)(C)C)cc(C(C)(C)C)c3O)nc2c1[2H]. The quantitative estimate of drug-likeness (QED) is 0.703. The van der Waals surface area contributed by atoms with E-state index in [1.54, 1.807) is 6.07 Å². The summed E-state index contributed by atoms with van der Waals surface area (Å²) in [6, 6.07) is 2.59. The molecule has 0 spiro atoms. The van der Waals surface area contributed by atoms with E-state index in [-0.39, 0.29) is 51.8 Å². The molecule has 24 heavy (non-hydrogen) atoms. The molecule has 3 rings (SSSR count). The highest BCUT2D eigenvalue weighted by Crippen LogP contribution is 2.39. The third kappa shape index (κ3) is 2.88. The first kappa shape index (κ1) is 12.1. The molecule has 0 fully saturated rings. The van der Waals surface area contributed by atoms with E-state index in [0.29, 0.717) is 5.69 Å². The van der Waals surface area contributed by atoms with Crippen molar-refractivity contribution in [3.05, 3.63) is 47.4 Å². The number of phenolic OH excluding ortho intramolecular Hbond substituents is 1. The number of rotatable bonds is 1. The highest BCUT2D eigenvalue weighted by molar-refractivity contribution is 5.73. The third-order valence-electron chi connectivity index (χ3n) is 4.02. The van der Waals surface area contributed by atoms with Crippen molar-refractivity contribution in [2.75, 3.05) is 0 Å². The Labute approximate surface area is 148 Å². The number of phenols is 1. The van der Waals surface area contributed by atoms with Gasteiger partial charge in [0.05, 0.1) is 5.48 Å². The van der Waals surface area contributed by atoms with Crippen LogP contribution < -0.4 is 0 Å². The van der Waals surface area contributed by atoms with Gasteiger partial charge in [-0.25, -0.2) is 0 Å². The van der Waals surface area contributed by atoms with Crippen molar-refractivity contribution in [1.82, 2.24) is 15.0 Å². The average molecular weight is 327 g/mol. The van der Waals surface area contributed by atoms with Gasteiger partial charge in [-0.15, -0.1) is 15.0 Å². The molecular weight excluding hydrogens is 298 g/mol. The zero-order chi connectivity index (χ0) is 21.2. The molecule has 1 heterocycles. The van der Waals surface area contributed by atoms with Crippen LogP contribution in [0, 0.1) is 0 Å². The number of aromatic nitrogens is 3. The lowest BCUT2D eigenvalue weighted by Crippen LogP contribution is -2.18. The molecule has 0 saturated heterocycles. The van der Waals surface area contributed by atoms with Crippen molar-refractivity contribution >= 4 is 11.0 Å². The number of hydrogen-bond donors (Lipinski definition) is 1. The molecule has 0 aliphatic carbocycles. The fourth-order valence-electron chi connectivity index (χ4n) is 2.54. The van der Waals surface area contributed by atoms with Crippen molar-refractivity contribution < 1.29 is 10.6 Å². The summed E-state index contributed by atoms with van der Waals surface area (Å²) in [5.41, 5.74) is 1.73. The van der Waals surface area contributed by atoms with Crippen molar-refractivity contribution in [1.29, 1.82) is 0 Å². The Balaban J connectivity index is 2.38. The van der Waals surface area contributed by atoms with Crippen LogP contribution in [-0.2, 0) is 10.8 Å². The number of nitrogens with zero attached hydrogens (tertiary/aromatic N) is 3. The summed E-state index contributed by atoms with van der Waals surface area (Å²) in [7, 11) is 0. The molecule has 3 aromatic rings. The molecular formula is C20H25N3O. The maximum absolute atomic E-state index is 11.0. The van der Waals surface area contributed by atoms with Gasteiger partial charge in [-0.05, 0) is 34.5 Å². The van der Waals surface area contributed by atoms with Crippen LogP contribution in [0.1, 0.15) is 58.2 Å². The van der Waals surface area contributed by atoms with Crippen LogP contribution in [0.4, 0.5) is 0 Å². The number of fused-ring (bicyclic) bond motifs is 1. The molecule has 0 bridgehead atoms. The zero-order valence-electron chi connectivity index (χ0n) is 18.9. The van der Waals surface area contributed by atoms with Crippen LogP contribution in [0.5, 0.6) is 5.75 Å². The Morgan fingerprint density at radius 2 is 1.46 bits per heavy atom. The van der Waals surface area contributed by atoms with E-state index < -0.39 is 0 Å². The number of benzene rings is 2. The van der Waals surface area contributed by atoms with Gasteiger partial charge in [0.25, 0.3) is 0 Å². The predicted molar refractivity (Wildman–Crippen MR) is 97.9 cm³/mol. The molecule has 0 unspecified atom stereocenters. The van der Waals surface area contributed by atoms with Crippen molar-refractivity contribution in [2.24, 2.45) is 0 Å².